The largest absolute Gasteiger partial charge is 0.384 e. The summed E-state index contributed by atoms with van der Waals surface area (Å²) in [6.45, 7) is 4.76. The zero-order valence-electron chi connectivity index (χ0n) is 19.4. The lowest BCUT2D eigenvalue weighted by molar-refractivity contribution is 0.241. The minimum atomic E-state index is -0.210. The van der Waals surface area contributed by atoms with E-state index >= 15 is 0 Å². The van der Waals surface area contributed by atoms with E-state index in [2.05, 4.69) is 111 Å². The van der Waals surface area contributed by atoms with Gasteiger partial charge in [-0.3, -0.25) is 4.90 Å². The molecule has 1 aromatic heterocycles. The number of nitrogen functional groups attached to an aromatic ring is 1. The van der Waals surface area contributed by atoms with E-state index in [-0.39, 0.29) is 5.41 Å². The zero-order valence-corrected chi connectivity index (χ0v) is 19.4. The first-order chi connectivity index (χ1) is 16.8. The van der Waals surface area contributed by atoms with E-state index in [1.54, 1.807) is 12.3 Å². The number of nitrogens with zero attached hydrogens (tertiary/aromatic N) is 4. The summed E-state index contributed by atoms with van der Waals surface area (Å²) in [6, 6.07) is 34.6. The summed E-state index contributed by atoms with van der Waals surface area (Å²) in [5.41, 5.74) is 9.65. The third kappa shape index (κ3) is 4.52. The molecule has 0 spiro atoms. The number of piperazine rings is 1. The minimum Gasteiger partial charge on any atom is -0.384 e. The number of benzene rings is 3. The Hall–Kier alpha value is -3.70. The Labute approximate surface area is 201 Å². The molecule has 172 valence electrons. The van der Waals surface area contributed by atoms with Crippen LogP contribution in [-0.2, 0) is 5.41 Å². The molecular formula is C29H31N5. The molecule has 0 bridgehead atoms. The number of hydrogen-bond acceptors (Lipinski definition) is 5. The van der Waals surface area contributed by atoms with Crippen LogP contribution in [0.1, 0.15) is 23.1 Å². The molecule has 0 amide bonds. The molecule has 3 aromatic carbocycles. The molecule has 0 radical (unpaired) electrons. The van der Waals surface area contributed by atoms with Gasteiger partial charge in [-0.25, -0.2) is 4.98 Å². The summed E-state index contributed by atoms with van der Waals surface area (Å²) < 4.78 is 0. The molecule has 1 saturated heterocycles. The lowest BCUT2D eigenvalue weighted by atomic mass is 9.67. The Morgan fingerprint density at radius 3 is 1.65 bits per heavy atom. The Morgan fingerprint density at radius 2 is 1.18 bits per heavy atom. The van der Waals surface area contributed by atoms with Crippen molar-refractivity contribution in [2.24, 2.45) is 0 Å². The SMILES string of the molecule is Nc1ccnc(N2CCN(CCC(c3ccccc3)(c3ccccc3)c3ccccc3)CC2)n1. The molecule has 1 fully saturated rings. The van der Waals surface area contributed by atoms with Crippen molar-refractivity contribution in [3.8, 4) is 0 Å². The lowest BCUT2D eigenvalue weighted by Crippen LogP contribution is -2.48. The van der Waals surface area contributed by atoms with Gasteiger partial charge in [0.25, 0.3) is 0 Å². The van der Waals surface area contributed by atoms with E-state index in [1.165, 1.54) is 16.7 Å². The van der Waals surface area contributed by atoms with Crippen molar-refractivity contribution in [1.82, 2.24) is 14.9 Å². The normalized spacial score (nSPS) is 14.8. The van der Waals surface area contributed by atoms with E-state index in [0.29, 0.717) is 5.82 Å². The van der Waals surface area contributed by atoms with Crippen LogP contribution < -0.4 is 10.6 Å². The summed E-state index contributed by atoms with van der Waals surface area (Å²) in [6.07, 6.45) is 2.73. The Bertz CT molecular complexity index is 1080. The van der Waals surface area contributed by atoms with Crippen LogP contribution in [-0.4, -0.2) is 47.6 Å². The van der Waals surface area contributed by atoms with Crippen molar-refractivity contribution in [3.63, 3.8) is 0 Å². The number of nitrogens with two attached hydrogens (primary N) is 1. The van der Waals surface area contributed by atoms with Gasteiger partial charge in [-0.1, -0.05) is 91.0 Å². The molecule has 0 unspecified atom stereocenters. The van der Waals surface area contributed by atoms with E-state index in [4.69, 9.17) is 5.73 Å². The molecule has 5 rings (SSSR count). The second-order valence-corrected chi connectivity index (χ2v) is 8.86. The summed E-state index contributed by atoms with van der Waals surface area (Å²) in [4.78, 5) is 13.6. The first-order valence-electron chi connectivity index (χ1n) is 12.0. The van der Waals surface area contributed by atoms with Crippen LogP contribution in [0.2, 0.25) is 0 Å². The highest BCUT2D eigenvalue weighted by molar-refractivity contribution is 5.50. The number of hydrogen-bond donors (Lipinski definition) is 1. The standard InChI is InChI=1S/C29H31N5/c30-27-16-18-31-28(32-27)34-22-20-33(21-23-34)19-17-29(24-10-4-1-5-11-24,25-12-6-2-7-13-25)26-14-8-3-9-15-26/h1-16,18H,17,19-23H2,(H2,30,31,32). The van der Waals surface area contributed by atoms with Gasteiger partial charge in [-0.05, 0) is 35.7 Å². The van der Waals surface area contributed by atoms with Gasteiger partial charge in [0, 0.05) is 37.8 Å². The van der Waals surface area contributed by atoms with Gasteiger partial charge in [-0.2, -0.15) is 4.98 Å². The maximum atomic E-state index is 5.87. The average Bonchev–Trinajstić information content (AvgIpc) is 2.91. The highest BCUT2D eigenvalue weighted by Crippen LogP contribution is 2.42. The van der Waals surface area contributed by atoms with Gasteiger partial charge in [0.1, 0.15) is 5.82 Å². The van der Waals surface area contributed by atoms with Gasteiger partial charge in [0.15, 0.2) is 0 Å². The van der Waals surface area contributed by atoms with E-state index in [9.17, 15) is 0 Å². The third-order valence-electron chi connectivity index (χ3n) is 6.92. The van der Waals surface area contributed by atoms with Crippen LogP contribution in [0.3, 0.4) is 0 Å². The lowest BCUT2D eigenvalue weighted by Gasteiger charge is -2.40. The second-order valence-electron chi connectivity index (χ2n) is 8.86. The van der Waals surface area contributed by atoms with Gasteiger partial charge in [0.05, 0.1) is 0 Å². The molecule has 5 heteroatoms. The van der Waals surface area contributed by atoms with Crippen molar-refractivity contribution in [2.45, 2.75) is 11.8 Å². The van der Waals surface area contributed by atoms with Crippen LogP contribution in [0.4, 0.5) is 11.8 Å². The molecule has 1 aliphatic rings. The van der Waals surface area contributed by atoms with Gasteiger partial charge < -0.3 is 10.6 Å². The average molecular weight is 450 g/mol. The number of rotatable bonds is 7. The Balaban J connectivity index is 1.41. The molecule has 2 heterocycles. The van der Waals surface area contributed by atoms with Crippen molar-refractivity contribution in [1.29, 1.82) is 0 Å². The monoisotopic (exact) mass is 449 g/mol. The van der Waals surface area contributed by atoms with Crippen LogP contribution in [0.5, 0.6) is 0 Å². The van der Waals surface area contributed by atoms with E-state index in [0.717, 1.165) is 45.1 Å². The smallest absolute Gasteiger partial charge is 0.227 e. The van der Waals surface area contributed by atoms with E-state index in [1.807, 2.05) is 0 Å². The second kappa shape index (κ2) is 10.1. The predicted molar refractivity (Wildman–Crippen MR) is 139 cm³/mol. The van der Waals surface area contributed by atoms with Gasteiger partial charge in [-0.15, -0.1) is 0 Å². The predicted octanol–water partition coefficient (Wildman–Crippen LogP) is 4.61. The maximum Gasteiger partial charge on any atom is 0.227 e. The molecule has 2 N–H and O–H groups in total. The van der Waals surface area contributed by atoms with Crippen LogP contribution in [0.15, 0.2) is 103 Å². The first kappa shape index (κ1) is 22.1. The van der Waals surface area contributed by atoms with Crippen molar-refractivity contribution in [3.05, 3.63) is 120 Å². The number of aromatic nitrogens is 2. The molecule has 0 atom stereocenters. The molecule has 0 saturated carbocycles. The Morgan fingerprint density at radius 1 is 0.676 bits per heavy atom. The van der Waals surface area contributed by atoms with Crippen molar-refractivity contribution < 1.29 is 0 Å². The zero-order chi connectivity index (χ0) is 23.2. The highest BCUT2D eigenvalue weighted by Gasteiger charge is 2.36. The fourth-order valence-electron chi connectivity index (χ4n) is 5.11. The van der Waals surface area contributed by atoms with Crippen LogP contribution in [0, 0.1) is 0 Å². The molecule has 4 aromatic rings. The van der Waals surface area contributed by atoms with Crippen molar-refractivity contribution >= 4 is 11.8 Å². The third-order valence-corrected chi connectivity index (χ3v) is 6.92. The number of anilines is 2. The topological polar surface area (TPSA) is 58.3 Å². The summed E-state index contributed by atoms with van der Waals surface area (Å²) >= 11 is 0. The molecule has 0 aliphatic carbocycles. The van der Waals surface area contributed by atoms with Crippen molar-refractivity contribution in [2.75, 3.05) is 43.4 Å². The van der Waals surface area contributed by atoms with Gasteiger partial charge >= 0.3 is 0 Å². The van der Waals surface area contributed by atoms with Gasteiger partial charge in [0.2, 0.25) is 5.95 Å². The Kier molecular flexibility index (Phi) is 6.54. The molecule has 5 nitrogen and oxygen atoms in total. The van der Waals surface area contributed by atoms with E-state index < -0.39 is 0 Å². The maximum absolute atomic E-state index is 5.87. The molecule has 1 aliphatic heterocycles. The summed E-state index contributed by atoms with van der Waals surface area (Å²) in [7, 11) is 0. The summed E-state index contributed by atoms with van der Waals surface area (Å²) in [5.74, 6) is 1.25. The summed E-state index contributed by atoms with van der Waals surface area (Å²) in [5, 5.41) is 0. The molecular weight excluding hydrogens is 418 g/mol. The quantitative estimate of drug-likeness (QED) is 0.418. The van der Waals surface area contributed by atoms with Crippen LogP contribution >= 0.6 is 0 Å². The van der Waals surface area contributed by atoms with Crippen LogP contribution in [0.25, 0.3) is 0 Å². The highest BCUT2D eigenvalue weighted by atomic mass is 15.3. The first-order valence-corrected chi connectivity index (χ1v) is 12.0. The fraction of sp³-hybridized carbons (Fsp3) is 0.241. The molecule has 34 heavy (non-hydrogen) atoms. The fourth-order valence-corrected chi connectivity index (χ4v) is 5.11. The minimum absolute atomic E-state index is 0.210.